The second-order valence-corrected chi connectivity index (χ2v) is 4.92. The van der Waals surface area contributed by atoms with Crippen molar-refractivity contribution < 1.29 is 4.74 Å². The molecule has 1 atom stereocenters. The lowest BCUT2D eigenvalue weighted by atomic mass is 9.92. The van der Waals surface area contributed by atoms with Crippen molar-refractivity contribution in [3.05, 3.63) is 23.8 Å². The first kappa shape index (κ1) is 12.2. The van der Waals surface area contributed by atoms with Gasteiger partial charge in [-0.05, 0) is 44.2 Å². The van der Waals surface area contributed by atoms with Gasteiger partial charge in [-0.3, -0.25) is 0 Å². The smallest absolute Gasteiger partial charge is 0.0579 e. The van der Waals surface area contributed by atoms with E-state index in [0.29, 0.717) is 12.0 Å². The highest BCUT2D eigenvalue weighted by atomic mass is 16.5. The van der Waals surface area contributed by atoms with Crippen molar-refractivity contribution in [3.8, 4) is 0 Å². The Balaban J connectivity index is 2.01. The first-order chi connectivity index (χ1) is 8.18. The van der Waals surface area contributed by atoms with Crippen molar-refractivity contribution in [1.82, 2.24) is 0 Å². The minimum absolute atomic E-state index is 0.447. The predicted molar refractivity (Wildman–Crippen MR) is 72.2 cm³/mol. The molecule has 1 aromatic carbocycles. The van der Waals surface area contributed by atoms with Gasteiger partial charge in [0, 0.05) is 19.3 Å². The van der Waals surface area contributed by atoms with E-state index in [4.69, 9.17) is 10.5 Å². The number of nitrogens with one attached hydrogen (secondary N) is 1. The molecular weight excluding hydrogens is 212 g/mol. The number of anilines is 2. The summed E-state index contributed by atoms with van der Waals surface area (Å²) in [5.74, 6) is 0.684. The number of benzene rings is 1. The van der Waals surface area contributed by atoms with Gasteiger partial charge in [-0.15, -0.1) is 0 Å². The Morgan fingerprint density at radius 2 is 2.06 bits per heavy atom. The van der Waals surface area contributed by atoms with Crippen LogP contribution in [0.2, 0.25) is 0 Å². The molecule has 1 saturated heterocycles. The Kier molecular flexibility index (Phi) is 3.89. The van der Waals surface area contributed by atoms with E-state index in [1.807, 2.05) is 19.1 Å². The molecule has 3 nitrogen and oxygen atoms in total. The van der Waals surface area contributed by atoms with Gasteiger partial charge in [0.1, 0.15) is 0 Å². The lowest BCUT2D eigenvalue weighted by molar-refractivity contribution is 0.0622. The Bertz CT molecular complexity index is 372. The fraction of sp³-hybridized carbons (Fsp3) is 0.571. The molecule has 3 heteroatoms. The van der Waals surface area contributed by atoms with Crippen molar-refractivity contribution in [1.29, 1.82) is 0 Å². The number of hydrogen-bond donors (Lipinski definition) is 2. The molecule has 0 radical (unpaired) electrons. The molecular formula is C14H22N2O. The fourth-order valence-corrected chi connectivity index (χ4v) is 2.39. The van der Waals surface area contributed by atoms with Gasteiger partial charge in [0.25, 0.3) is 0 Å². The average molecular weight is 234 g/mol. The van der Waals surface area contributed by atoms with Gasteiger partial charge < -0.3 is 15.8 Å². The van der Waals surface area contributed by atoms with E-state index in [1.165, 1.54) is 0 Å². The van der Waals surface area contributed by atoms with Crippen molar-refractivity contribution in [2.75, 3.05) is 24.3 Å². The second kappa shape index (κ2) is 5.41. The highest BCUT2D eigenvalue weighted by Gasteiger charge is 2.20. The minimum atomic E-state index is 0.447. The largest absolute Gasteiger partial charge is 0.397 e. The second-order valence-electron chi connectivity index (χ2n) is 4.92. The molecule has 1 aromatic rings. The first-order valence-corrected chi connectivity index (χ1v) is 6.38. The number of aryl methyl sites for hydroxylation is 1. The summed E-state index contributed by atoms with van der Waals surface area (Å²) in [6.45, 7) is 6.05. The van der Waals surface area contributed by atoms with Gasteiger partial charge in [-0.1, -0.05) is 12.1 Å². The van der Waals surface area contributed by atoms with Crippen LogP contribution in [-0.2, 0) is 4.74 Å². The van der Waals surface area contributed by atoms with Crippen molar-refractivity contribution in [3.63, 3.8) is 0 Å². The van der Waals surface area contributed by atoms with E-state index in [9.17, 15) is 0 Å². The molecule has 3 N–H and O–H groups in total. The molecule has 1 heterocycles. The van der Waals surface area contributed by atoms with Crippen LogP contribution in [0, 0.1) is 12.8 Å². The molecule has 2 rings (SSSR count). The summed E-state index contributed by atoms with van der Waals surface area (Å²) in [6, 6.07) is 6.59. The van der Waals surface area contributed by atoms with E-state index in [-0.39, 0.29) is 0 Å². The number of para-hydroxylation sites is 1. The number of ether oxygens (including phenoxy) is 1. The van der Waals surface area contributed by atoms with Gasteiger partial charge in [-0.2, -0.15) is 0 Å². The summed E-state index contributed by atoms with van der Waals surface area (Å²) >= 11 is 0. The summed E-state index contributed by atoms with van der Waals surface area (Å²) in [6.07, 6.45) is 2.28. The molecule has 94 valence electrons. The molecule has 0 bridgehead atoms. The lowest BCUT2D eigenvalue weighted by Crippen LogP contribution is -2.31. The third-order valence-electron chi connectivity index (χ3n) is 3.68. The topological polar surface area (TPSA) is 47.3 Å². The lowest BCUT2D eigenvalue weighted by Gasteiger charge is -2.29. The summed E-state index contributed by atoms with van der Waals surface area (Å²) in [4.78, 5) is 0. The van der Waals surface area contributed by atoms with Crippen LogP contribution in [0.15, 0.2) is 18.2 Å². The van der Waals surface area contributed by atoms with E-state index in [1.54, 1.807) is 0 Å². The Morgan fingerprint density at radius 1 is 1.35 bits per heavy atom. The van der Waals surface area contributed by atoms with Gasteiger partial charge in [-0.25, -0.2) is 0 Å². The summed E-state index contributed by atoms with van der Waals surface area (Å²) < 4.78 is 5.39. The number of rotatable bonds is 3. The third kappa shape index (κ3) is 2.91. The normalized spacial score (nSPS) is 18.9. The number of hydrogen-bond acceptors (Lipinski definition) is 3. The van der Waals surface area contributed by atoms with Crippen LogP contribution >= 0.6 is 0 Å². The van der Waals surface area contributed by atoms with Crippen LogP contribution in [0.1, 0.15) is 25.3 Å². The number of nitrogens with two attached hydrogens (primary N) is 1. The molecule has 0 aliphatic carbocycles. The maximum atomic E-state index is 6.07. The van der Waals surface area contributed by atoms with Gasteiger partial charge in [0.05, 0.1) is 11.4 Å². The van der Waals surface area contributed by atoms with Crippen molar-refractivity contribution in [2.24, 2.45) is 5.92 Å². The molecule has 0 amide bonds. The van der Waals surface area contributed by atoms with E-state index >= 15 is 0 Å². The zero-order chi connectivity index (χ0) is 12.3. The van der Waals surface area contributed by atoms with Crippen LogP contribution in [0.5, 0.6) is 0 Å². The van der Waals surface area contributed by atoms with Crippen LogP contribution in [0.3, 0.4) is 0 Å². The summed E-state index contributed by atoms with van der Waals surface area (Å²) in [5.41, 5.74) is 9.13. The molecule has 1 aliphatic rings. The van der Waals surface area contributed by atoms with Crippen LogP contribution in [-0.4, -0.2) is 19.3 Å². The van der Waals surface area contributed by atoms with Crippen molar-refractivity contribution >= 4 is 11.4 Å². The molecule has 1 aliphatic heterocycles. The minimum Gasteiger partial charge on any atom is -0.397 e. The van der Waals surface area contributed by atoms with Gasteiger partial charge >= 0.3 is 0 Å². The number of nitrogen functional groups attached to an aromatic ring is 1. The fourth-order valence-electron chi connectivity index (χ4n) is 2.39. The predicted octanol–water partition coefficient (Wildman–Crippen LogP) is 2.80. The Morgan fingerprint density at radius 3 is 2.76 bits per heavy atom. The van der Waals surface area contributed by atoms with Gasteiger partial charge in [0.2, 0.25) is 0 Å². The highest BCUT2D eigenvalue weighted by molar-refractivity contribution is 5.69. The summed E-state index contributed by atoms with van der Waals surface area (Å²) in [7, 11) is 0. The Hall–Kier alpha value is -1.22. The van der Waals surface area contributed by atoms with Crippen molar-refractivity contribution in [2.45, 2.75) is 32.7 Å². The van der Waals surface area contributed by atoms with Gasteiger partial charge in [0.15, 0.2) is 0 Å². The molecule has 0 saturated carbocycles. The maximum Gasteiger partial charge on any atom is 0.0579 e. The van der Waals surface area contributed by atoms with Crippen LogP contribution in [0.25, 0.3) is 0 Å². The maximum absolute atomic E-state index is 6.07. The zero-order valence-corrected chi connectivity index (χ0v) is 10.7. The summed E-state index contributed by atoms with van der Waals surface area (Å²) in [5, 5.41) is 3.54. The monoisotopic (exact) mass is 234 g/mol. The average Bonchev–Trinajstić information content (AvgIpc) is 2.36. The molecule has 1 unspecified atom stereocenters. The molecule has 0 aromatic heterocycles. The van der Waals surface area contributed by atoms with E-state index in [0.717, 1.165) is 43.0 Å². The SMILES string of the molecule is Cc1cccc(NC(C)C2CCOCC2)c1N. The standard InChI is InChI=1S/C14H22N2O/c1-10-4-3-5-13(14(10)15)16-11(2)12-6-8-17-9-7-12/h3-5,11-12,16H,6-9,15H2,1-2H3. The quantitative estimate of drug-likeness (QED) is 0.791. The van der Waals surface area contributed by atoms with Crippen LogP contribution < -0.4 is 11.1 Å². The molecule has 1 fully saturated rings. The molecule has 17 heavy (non-hydrogen) atoms. The van der Waals surface area contributed by atoms with E-state index < -0.39 is 0 Å². The van der Waals surface area contributed by atoms with Crippen LogP contribution in [0.4, 0.5) is 11.4 Å². The van der Waals surface area contributed by atoms with E-state index in [2.05, 4.69) is 18.3 Å². The zero-order valence-electron chi connectivity index (χ0n) is 10.7. The first-order valence-electron chi connectivity index (χ1n) is 6.38. The Labute approximate surface area is 103 Å². The molecule has 0 spiro atoms. The highest BCUT2D eigenvalue weighted by Crippen LogP contribution is 2.26. The third-order valence-corrected chi connectivity index (χ3v) is 3.68.